The van der Waals surface area contributed by atoms with Crippen LogP contribution in [0.25, 0.3) is 0 Å². The summed E-state index contributed by atoms with van der Waals surface area (Å²) in [7, 11) is 0. The zero-order chi connectivity index (χ0) is 42.2. The number of pyridine rings is 1. The fourth-order valence-electron chi connectivity index (χ4n) is 7.74. The largest absolute Gasteiger partial charge is 0.505 e. The highest BCUT2D eigenvalue weighted by molar-refractivity contribution is 6.00. The van der Waals surface area contributed by atoms with Crippen molar-refractivity contribution in [2.75, 3.05) is 13.1 Å². The summed E-state index contributed by atoms with van der Waals surface area (Å²) >= 11 is 0. The smallest absolute Gasteiger partial charge is 0.333 e. The summed E-state index contributed by atoms with van der Waals surface area (Å²) in [5, 5.41) is 31.8. The van der Waals surface area contributed by atoms with E-state index in [9.17, 15) is 43.8 Å². The van der Waals surface area contributed by atoms with E-state index >= 15 is 0 Å². The molecule has 0 saturated carbocycles. The second-order valence-electron chi connectivity index (χ2n) is 15.0. The third-order valence-electron chi connectivity index (χ3n) is 10.9. The summed E-state index contributed by atoms with van der Waals surface area (Å²) in [5.41, 5.74) is 0.585. The van der Waals surface area contributed by atoms with Gasteiger partial charge in [0.1, 0.15) is 42.1 Å². The second kappa shape index (κ2) is 18.9. The lowest BCUT2D eigenvalue weighted by Crippen LogP contribution is -2.61. The Labute approximate surface area is 340 Å². The van der Waals surface area contributed by atoms with Crippen LogP contribution in [-0.4, -0.2) is 122 Å². The molecule has 6 amide bonds. The fourth-order valence-corrected chi connectivity index (χ4v) is 7.74. The average Bonchev–Trinajstić information content (AvgIpc) is 3.74. The predicted octanol–water partition coefficient (Wildman–Crippen LogP) is 0.654. The maximum absolute atomic E-state index is 14.6. The number of aromatic hydroxyl groups is 1. The summed E-state index contributed by atoms with van der Waals surface area (Å²) in [6.45, 7) is 3.13. The van der Waals surface area contributed by atoms with Crippen LogP contribution in [0.5, 0.6) is 5.75 Å². The number of nitrogens with one attached hydrogen (secondary N) is 4. The number of hydrogen-bond acceptors (Lipinski definition) is 11. The molecule has 17 heteroatoms. The van der Waals surface area contributed by atoms with Crippen molar-refractivity contribution in [1.29, 1.82) is 0 Å². The Morgan fingerprint density at radius 2 is 1.46 bits per heavy atom. The van der Waals surface area contributed by atoms with Gasteiger partial charge in [0, 0.05) is 32.1 Å². The molecule has 0 radical (unpaired) electrons. The van der Waals surface area contributed by atoms with Crippen LogP contribution in [0, 0.1) is 0 Å². The summed E-state index contributed by atoms with van der Waals surface area (Å²) < 4.78 is 5.83. The maximum Gasteiger partial charge on any atom is 0.333 e. The number of piperidine rings is 1. The zero-order valence-electron chi connectivity index (χ0n) is 32.8. The number of nitrogens with zero attached hydrogens (tertiary/aromatic N) is 3. The number of esters is 1. The number of rotatable bonds is 6. The minimum atomic E-state index is -1.66. The summed E-state index contributed by atoms with van der Waals surface area (Å²) in [5.74, 6) is -5.98. The van der Waals surface area contributed by atoms with Gasteiger partial charge in [-0.05, 0) is 55.9 Å². The van der Waals surface area contributed by atoms with Gasteiger partial charge in [-0.2, -0.15) is 0 Å². The Balaban J connectivity index is 1.41. The number of cyclic esters (lactones) is 1. The van der Waals surface area contributed by atoms with Gasteiger partial charge in [0.15, 0.2) is 11.7 Å². The van der Waals surface area contributed by atoms with Crippen molar-refractivity contribution in [3.63, 3.8) is 0 Å². The van der Waals surface area contributed by atoms with E-state index in [-0.39, 0.29) is 50.8 Å². The molecule has 1 aromatic heterocycles. The molecule has 0 aliphatic carbocycles. The Morgan fingerprint density at radius 1 is 0.814 bits per heavy atom. The first-order valence-corrected chi connectivity index (χ1v) is 19.8. The number of aromatic nitrogens is 1. The van der Waals surface area contributed by atoms with Crippen molar-refractivity contribution in [2.45, 2.75) is 101 Å². The second-order valence-corrected chi connectivity index (χ2v) is 15.0. The predicted molar refractivity (Wildman–Crippen MR) is 210 cm³/mol. The van der Waals surface area contributed by atoms with E-state index in [1.165, 1.54) is 35.1 Å². The molecule has 59 heavy (non-hydrogen) atoms. The Morgan fingerprint density at radius 3 is 2.15 bits per heavy atom. The molecule has 6 rings (SSSR count). The molecule has 3 aliphatic heterocycles. The highest BCUT2D eigenvalue weighted by atomic mass is 16.5. The summed E-state index contributed by atoms with van der Waals surface area (Å²) in [6, 6.07) is 11.9. The zero-order valence-corrected chi connectivity index (χ0v) is 32.8. The number of hydrogen-bond donors (Lipinski definition) is 6. The number of amides is 6. The number of aliphatic hydroxyl groups excluding tert-OH is 1. The van der Waals surface area contributed by atoms with Gasteiger partial charge in [0.25, 0.3) is 5.91 Å². The first-order chi connectivity index (χ1) is 28.4. The first kappa shape index (κ1) is 42.3. The van der Waals surface area contributed by atoms with Crippen LogP contribution in [0.2, 0.25) is 0 Å². The number of carbonyl (C=O) groups excluding carboxylic acids is 7. The molecule has 3 fully saturated rings. The van der Waals surface area contributed by atoms with E-state index in [0.29, 0.717) is 6.42 Å². The van der Waals surface area contributed by atoms with Gasteiger partial charge in [0.2, 0.25) is 29.5 Å². The van der Waals surface area contributed by atoms with Crippen molar-refractivity contribution in [2.24, 2.45) is 0 Å². The van der Waals surface area contributed by atoms with Gasteiger partial charge in [-0.25, -0.2) is 9.78 Å². The number of aliphatic hydroxyl groups is 1. The number of benzene rings is 2. The van der Waals surface area contributed by atoms with Crippen molar-refractivity contribution < 1.29 is 48.5 Å². The van der Waals surface area contributed by atoms with Crippen LogP contribution in [0.1, 0.15) is 73.6 Å². The molecule has 17 nitrogen and oxygen atoms in total. The van der Waals surface area contributed by atoms with E-state index in [0.717, 1.165) is 5.56 Å². The lowest BCUT2D eigenvalue weighted by molar-refractivity contribution is -0.156. The molecular formula is C42H49N7O10. The van der Waals surface area contributed by atoms with Crippen LogP contribution in [-0.2, 0) is 39.9 Å². The minimum Gasteiger partial charge on any atom is -0.505 e. The SMILES string of the molecule is CC[C@H]1NC(=O)[C@@H](NC(=O)c2ncccc2O)[C@@H](C)OC(=O)[C@H](c2ccccc2)NC(=O)[C@@H]2C[C@H](O)CCN2C(=O)[C@H](Cc2ccccc2)NC(=O)[C@@H]2CCCN2C1=O. The van der Waals surface area contributed by atoms with Crippen molar-refractivity contribution in [3.8, 4) is 5.75 Å². The highest BCUT2D eigenvalue weighted by Gasteiger charge is 2.44. The average molecular weight is 812 g/mol. The van der Waals surface area contributed by atoms with E-state index in [2.05, 4.69) is 26.3 Å². The van der Waals surface area contributed by atoms with E-state index in [4.69, 9.17) is 4.74 Å². The third-order valence-corrected chi connectivity index (χ3v) is 10.9. The molecule has 4 heterocycles. The Hall–Kier alpha value is -6.36. The number of ether oxygens (including phenoxy) is 1. The molecular weight excluding hydrogens is 763 g/mol. The monoisotopic (exact) mass is 811 g/mol. The summed E-state index contributed by atoms with van der Waals surface area (Å²) in [4.78, 5) is 106. The van der Waals surface area contributed by atoms with Crippen LogP contribution in [0.15, 0.2) is 79.0 Å². The maximum atomic E-state index is 14.6. The summed E-state index contributed by atoms with van der Waals surface area (Å²) in [6.07, 6.45) is -0.325. The minimum absolute atomic E-state index is 0.0378. The number of fused-ring (bicyclic) bond motifs is 2. The van der Waals surface area contributed by atoms with Crippen LogP contribution in [0.4, 0.5) is 0 Å². The quantitative estimate of drug-likeness (QED) is 0.189. The van der Waals surface area contributed by atoms with E-state index < -0.39 is 101 Å². The third kappa shape index (κ3) is 9.85. The van der Waals surface area contributed by atoms with Gasteiger partial charge in [-0.15, -0.1) is 0 Å². The molecule has 2 aromatic carbocycles. The molecule has 6 N–H and O–H groups in total. The van der Waals surface area contributed by atoms with Gasteiger partial charge in [0.05, 0.1) is 6.10 Å². The van der Waals surface area contributed by atoms with Crippen molar-refractivity contribution in [1.82, 2.24) is 36.1 Å². The van der Waals surface area contributed by atoms with Crippen LogP contribution >= 0.6 is 0 Å². The Kier molecular flexibility index (Phi) is 13.6. The lowest BCUT2D eigenvalue weighted by Gasteiger charge is -2.39. The first-order valence-electron chi connectivity index (χ1n) is 19.8. The molecule has 3 aliphatic rings. The standard InChI is InChI=1S/C42H49N7O10/c1-3-28-40(56)48-20-11-16-30(48)36(52)45-29(22-25-12-6-4-7-13-25)41(57)49-21-18-27(50)23-31(49)37(53)47-34(26-14-8-5-9-15-26)42(58)59-24(2)33(38(54)44-28)46-39(55)35-32(51)17-10-19-43-35/h4-10,12-15,17,19,24,27-31,33-34,50-51H,3,11,16,18,20-23H2,1-2H3,(H,44,54)(H,45,52)(H,46,55)(H,47,53)/t24-,27-,28-,29+,30+,31+,33+,34+/m1/s1. The normalized spacial score (nSPS) is 27.4. The highest BCUT2D eigenvalue weighted by Crippen LogP contribution is 2.25. The van der Waals surface area contributed by atoms with Gasteiger partial charge in [-0.1, -0.05) is 67.6 Å². The molecule has 3 saturated heterocycles. The van der Waals surface area contributed by atoms with Crippen molar-refractivity contribution >= 4 is 41.4 Å². The Bertz CT molecular complexity index is 2040. The van der Waals surface area contributed by atoms with Gasteiger partial charge >= 0.3 is 5.97 Å². The molecule has 312 valence electrons. The molecule has 0 unspecified atom stereocenters. The van der Waals surface area contributed by atoms with E-state index in [1.54, 1.807) is 61.5 Å². The number of carbonyl (C=O) groups is 7. The topological polar surface area (TPSA) is 237 Å². The van der Waals surface area contributed by atoms with Crippen molar-refractivity contribution in [3.05, 3.63) is 95.8 Å². The molecule has 0 bridgehead atoms. The van der Waals surface area contributed by atoms with Crippen LogP contribution < -0.4 is 21.3 Å². The van der Waals surface area contributed by atoms with Gasteiger partial charge < -0.3 is 46.0 Å². The van der Waals surface area contributed by atoms with Crippen LogP contribution in [0.3, 0.4) is 0 Å². The molecule has 0 spiro atoms. The molecule has 8 atom stereocenters. The lowest BCUT2D eigenvalue weighted by atomic mass is 9.95. The van der Waals surface area contributed by atoms with E-state index in [1.807, 2.05) is 6.07 Å². The molecule has 3 aromatic rings. The van der Waals surface area contributed by atoms with Gasteiger partial charge in [-0.3, -0.25) is 28.8 Å². The fraction of sp³-hybridized carbons (Fsp3) is 0.429.